The summed E-state index contributed by atoms with van der Waals surface area (Å²) >= 11 is 0. The van der Waals surface area contributed by atoms with E-state index in [-0.39, 0.29) is 22.5 Å². The number of hydrogen-bond donors (Lipinski definition) is 3. The third kappa shape index (κ3) is 6.22. The molecular formula is C33H37NO5S. The van der Waals surface area contributed by atoms with Crippen molar-refractivity contribution in [3.8, 4) is 5.75 Å². The molecule has 6 nitrogen and oxygen atoms in total. The highest BCUT2D eigenvalue weighted by atomic mass is 32.2. The normalized spacial score (nSPS) is 22.5. The topological polar surface area (TPSA) is 104 Å². The third-order valence-electron chi connectivity index (χ3n) is 8.30. The number of hydrogen-bond acceptors (Lipinski definition) is 6. The predicted octanol–water partition coefficient (Wildman–Crippen LogP) is 4.90. The number of sulfone groups is 1. The van der Waals surface area contributed by atoms with Crippen LogP contribution in [0, 0.1) is 6.92 Å². The van der Waals surface area contributed by atoms with Crippen LogP contribution in [0.5, 0.6) is 5.75 Å². The van der Waals surface area contributed by atoms with Crippen molar-refractivity contribution in [2.75, 3.05) is 12.8 Å². The predicted molar refractivity (Wildman–Crippen MR) is 157 cm³/mol. The van der Waals surface area contributed by atoms with Crippen molar-refractivity contribution in [2.45, 2.75) is 67.9 Å². The van der Waals surface area contributed by atoms with E-state index >= 15 is 0 Å². The standard InChI is InChI=1S/C33H37NO5S/c1-22-6-8-23(9-7-22)18-27-21-33(37,16-17-34-27)32(25-10-13-28(35)14-11-25)30-20-26-19-29(40(2,38)39)15-12-24(26)4-3-5-31(30)36/h6-15,19-20,27,32,34-35,37H,3-5,16-18,21H2,1-2H3. The molecule has 1 saturated heterocycles. The van der Waals surface area contributed by atoms with E-state index in [1.54, 1.807) is 42.5 Å². The maximum absolute atomic E-state index is 13.8. The molecule has 0 bridgehead atoms. The number of nitrogens with one attached hydrogen (secondary N) is 1. The zero-order valence-electron chi connectivity index (χ0n) is 23.1. The van der Waals surface area contributed by atoms with E-state index in [2.05, 4.69) is 36.5 Å². The molecular weight excluding hydrogens is 522 g/mol. The van der Waals surface area contributed by atoms with Crippen LogP contribution in [-0.4, -0.2) is 48.9 Å². The number of aryl methyl sites for hydroxylation is 2. The zero-order chi connectivity index (χ0) is 28.5. The Balaban J connectivity index is 1.60. The Labute approximate surface area is 236 Å². The molecule has 1 aliphatic heterocycles. The van der Waals surface area contributed by atoms with Crippen LogP contribution >= 0.6 is 0 Å². The molecule has 1 heterocycles. The summed E-state index contributed by atoms with van der Waals surface area (Å²) in [6.07, 6.45) is 6.27. The molecule has 0 aromatic heterocycles. The Morgan fingerprint density at radius 1 is 1.02 bits per heavy atom. The third-order valence-corrected chi connectivity index (χ3v) is 9.41. The van der Waals surface area contributed by atoms with Crippen molar-refractivity contribution in [3.63, 3.8) is 0 Å². The molecule has 2 aliphatic rings. The van der Waals surface area contributed by atoms with Crippen LogP contribution in [0.25, 0.3) is 6.08 Å². The second-order valence-electron chi connectivity index (χ2n) is 11.4. The van der Waals surface area contributed by atoms with E-state index < -0.39 is 21.4 Å². The fourth-order valence-corrected chi connectivity index (χ4v) is 6.85. The zero-order valence-corrected chi connectivity index (χ0v) is 23.9. The molecule has 1 fully saturated rings. The van der Waals surface area contributed by atoms with Gasteiger partial charge in [-0.05, 0) is 98.2 Å². The van der Waals surface area contributed by atoms with Crippen LogP contribution in [0.1, 0.15) is 59.4 Å². The molecule has 3 atom stereocenters. The molecule has 3 unspecified atom stereocenters. The van der Waals surface area contributed by atoms with Gasteiger partial charge in [0.15, 0.2) is 15.6 Å². The van der Waals surface area contributed by atoms with Gasteiger partial charge in [-0.15, -0.1) is 0 Å². The summed E-state index contributed by atoms with van der Waals surface area (Å²) in [6, 6.07) is 20.2. The Morgan fingerprint density at radius 2 is 1.75 bits per heavy atom. The van der Waals surface area contributed by atoms with Gasteiger partial charge in [0.2, 0.25) is 0 Å². The number of Topliss-reactive ketones (excluding diaryl/α,β-unsaturated/α-hetero) is 1. The van der Waals surface area contributed by atoms with Crippen molar-refractivity contribution in [1.82, 2.24) is 5.32 Å². The number of ketones is 1. The lowest BCUT2D eigenvalue weighted by atomic mass is 9.68. The van der Waals surface area contributed by atoms with Crippen molar-refractivity contribution in [3.05, 3.63) is 100 Å². The Hall–Kier alpha value is -3.26. The summed E-state index contributed by atoms with van der Waals surface area (Å²) in [5, 5.41) is 26.0. The fraction of sp³-hybridized carbons (Fsp3) is 0.364. The number of rotatable bonds is 6. The first-order valence-electron chi connectivity index (χ1n) is 13.9. The average Bonchev–Trinajstić information content (AvgIpc) is 2.89. The van der Waals surface area contributed by atoms with Crippen molar-refractivity contribution < 1.29 is 23.4 Å². The number of phenolic OH excluding ortho intramolecular Hbond substituents is 1. The lowest BCUT2D eigenvalue weighted by Crippen LogP contribution is -2.52. The average molecular weight is 560 g/mol. The van der Waals surface area contributed by atoms with Gasteiger partial charge in [0.1, 0.15) is 5.75 Å². The quantitative estimate of drug-likeness (QED) is 0.397. The van der Waals surface area contributed by atoms with E-state index in [0.29, 0.717) is 49.8 Å². The molecule has 1 aliphatic carbocycles. The van der Waals surface area contributed by atoms with Gasteiger partial charge in [-0.3, -0.25) is 4.79 Å². The maximum atomic E-state index is 13.8. The number of aliphatic hydroxyl groups is 1. The molecule has 0 radical (unpaired) electrons. The van der Waals surface area contributed by atoms with E-state index in [4.69, 9.17) is 0 Å². The van der Waals surface area contributed by atoms with Gasteiger partial charge in [0.25, 0.3) is 0 Å². The van der Waals surface area contributed by atoms with Crippen LogP contribution in [0.15, 0.2) is 77.2 Å². The number of piperidine rings is 1. The highest BCUT2D eigenvalue weighted by Gasteiger charge is 2.45. The number of phenols is 1. The Kier molecular flexibility index (Phi) is 8.00. The molecule has 3 aromatic carbocycles. The SMILES string of the molecule is Cc1ccc(CC2CC(O)(C(C3=Cc4cc(S(C)(=O)=O)ccc4CCCC3=O)c3ccc(O)cc3)CCN2)cc1. The van der Waals surface area contributed by atoms with Gasteiger partial charge in [-0.1, -0.05) is 48.0 Å². The summed E-state index contributed by atoms with van der Waals surface area (Å²) in [4.78, 5) is 14.0. The van der Waals surface area contributed by atoms with Crippen LogP contribution in [0.4, 0.5) is 0 Å². The second kappa shape index (κ2) is 11.3. The number of fused-ring (bicyclic) bond motifs is 1. The molecule has 210 valence electrons. The second-order valence-corrected chi connectivity index (χ2v) is 13.4. The minimum atomic E-state index is -3.44. The number of aromatic hydroxyl groups is 1. The van der Waals surface area contributed by atoms with Crippen molar-refractivity contribution in [2.24, 2.45) is 0 Å². The molecule has 0 saturated carbocycles. The van der Waals surface area contributed by atoms with Crippen molar-refractivity contribution in [1.29, 1.82) is 0 Å². The van der Waals surface area contributed by atoms with Crippen molar-refractivity contribution >= 4 is 21.7 Å². The van der Waals surface area contributed by atoms with E-state index in [1.165, 1.54) is 17.4 Å². The summed E-state index contributed by atoms with van der Waals surface area (Å²) in [7, 11) is -3.44. The Bertz CT molecular complexity index is 1530. The fourth-order valence-electron chi connectivity index (χ4n) is 6.20. The van der Waals surface area contributed by atoms with E-state index in [0.717, 1.165) is 17.5 Å². The van der Waals surface area contributed by atoms with Crippen LogP contribution in [0.2, 0.25) is 0 Å². The van der Waals surface area contributed by atoms with Gasteiger partial charge in [0.05, 0.1) is 10.5 Å². The summed E-state index contributed by atoms with van der Waals surface area (Å²) in [5.41, 5.74) is 4.05. The van der Waals surface area contributed by atoms with Crippen LogP contribution in [-0.2, 0) is 27.5 Å². The number of carbonyl (C=O) groups is 1. The molecule has 0 amide bonds. The largest absolute Gasteiger partial charge is 0.508 e. The number of carbonyl (C=O) groups excluding carboxylic acids is 1. The molecule has 3 aromatic rings. The van der Waals surface area contributed by atoms with Gasteiger partial charge < -0.3 is 15.5 Å². The first kappa shape index (κ1) is 28.3. The van der Waals surface area contributed by atoms with Gasteiger partial charge in [-0.2, -0.15) is 0 Å². The highest BCUT2D eigenvalue weighted by molar-refractivity contribution is 7.90. The van der Waals surface area contributed by atoms with E-state index in [1.807, 2.05) is 6.07 Å². The first-order valence-corrected chi connectivity index (χ1v) is 15.8. The molecule has 40 heavy (non-hydrogen) atoms. The Morgan fingerprint density at radius 3 is 2.45 bits per heavy atom. The minimum absolute atomic E-state index is 0.00875. The summed E-state index contributed by atoms with van der Waals surface area (Å²) < 4.78 is 24.7. The van der Waals surface area contributed by atoms with Gasteiger partial charge in [0, 0.05) is 30.2 Å². The van der Waals surface area contributed by atoms with Crippen LogP contribution < -0.4 is 5.32 Å². The monoisotopic (exact) mass is 559 g/mol. The van der Waals surface area contributed by atoms with Gasteiger partial charge >= 0.3 is 0 Å². The lowest BCUT2D eigenvalue weighted by molar-refractivity contribution is -0.117. The van der Waals surface area contributed by atoms with E-state index in [9.17, 15) is 23.4 Å². The minimum Gasteiger partial charge on any atom is -0.508 e. The lowest BCUT2D eigenvalue weighted by Gasteiger charge is -2.44. The molecule has 7 heteroatoms. The smallest absolute Gasteiger partial charge is 0.175 e. The summed E-state index contributed by atoms with van der Waals surface area (Å²) in [6.45, 7) is 2.65. The molecule has 0 spiro atoms. The van der Waals surface area contributed by atoms with Gasteiger partial charge in [-0.25, -0.2) is 8.42 Å². The molecule has 5 rings (SSSR count). The highest BCUT2D eigenvalue weighted by Crippen LogP contribution is 2.44. The number of benzene rings is 3. The molecule has 3 N–H and O–H groups in total. The summed E-state index contributed by atoms with van der Waals surface area (Å²) in [5.74, 6) is -0.579. The van der Waals surface area contributed by atoms with Crippen LogP contribution in [0.3, 0.4) is 0 Å². The first-order chi connectivity index (χ1) is 19.0. The maximum Gasteiger partial charge on any atom is 0.175 e.